The summed E-state index contributed by atoms with van der Waals surface area (Å²) in [6.07, 6.45) is -0.0414. The van der Waals surface area contributed by atoms with Crippen LogP contribution in [0.2, 0.25) is 5.02 Å². The molecule has 1 aliphatic rings. The molecule has 1 saturated heterocycles. The Kier molecular flexibility index (Phi) is 5.66. The van der Waals surface area contributed by atoms with E-state index >= 15 is 0 Å². The monoisotopic (exact) mass is 354 g/mol. The first kappa shape index (κ1) is 18.1. The molecule has 0 aliphatic carbocycles. The van der Waals surface area contributed by atoms with E-state index in [1.165, 1.54) is 24.1 Å². The number of hydrogen-bond acceptors (Lipinski definition) is 5. The zero-order valence-electron chi connectivity index (χ0n) is 13.7. The number of hydrogen-bond donors (Lipinski definition) is 1. The Hall–Kier alpha value is -2.28. The SMILES string of the molecule is CCOc1c(Cl)cc(C(=O)N(CC)[C@@H]2CC(=O)NC2=O)cc1OC. The molecule has 0 unspecified atom stereocenters. The standard InChI is InChI=1S/C16H19ClN2O5/c1-4-19(11-8-13(20)18-15(11)21)16(22)9-6-10(17)14(24-5-2)12(7-9)23-3/h6-7,11H,4-5,8H2,1-3H3,(H,18,20,21)/t11-/m1/s1. The van der Waals surface area contributed by atoms with Crippen LogP contribution >= 0.6 is 11.6 Å². The van der Waals surface area contributed by atoms with Gasteiger partial charge in [0.15, 0.2) is 11.5 Å². The van der Waals surface area contributed by atoms with Gasteiger partial charge in [0.05, 0.1) is 25.2 Å². The minimum Gasteiger partial charge on any atom is -0.493 e. The van der Waals surface area contributed by atoms with Gasteiger partial charge in [-0.15, -0.1) is 0 Å². The Morgan fingerprint density at radius 1 is 1.38 bits per heavy atom. The summed E-state index contributed by atoms with van der Waals surface area (Å²) in [4.78, 5) is 37.4. The molecule has 1 aliphatic heterocycles. The van der Waals surface area contributed by atoms with Crippen molar-refractivity contribution in [3.05, 3.63) is 22.7 Å². The Bertz CT molecular complexity index is 677. The molecular weight excluding hydrogens is 336 g/mol. The van der Waals surface area contributed by atoms with Gasteiger partial charge in [0, 0.05) is 12.1 Å². The maximum absolute atomic E-state index is 12.8. The van der Waals surface area contributed by atoms with Crippen LogP contribution in [0.25, 0.3) is 0 Å². The summed E-state index contributed by atoms with van der Waals surface area (Å²) in [5.74, 6) is -0.584. The molecule has 1 aromatic carbocycles. The van der Waals surface area contributed by atoms with Gasteiger partial charge in [0.1, 0.15) is 6.04 Å². The second kappa shape index (κ2) is 7.53. The molecule has 24 heavy (non-hydrogen) atoms. The van der Waals surface area contributed by atoms with Crippen LogP contribution in [0.4, 0.5) is 0 Å². The van der Waals surface area contributed by atoms with Gasteiger partial charge in [0.25, 0.3) is 5.91 Å². The first-order valence-corrected chi connectivity index (χ1v) is 7.95. The fourth-order valence-electron chi connectivity index (χ4n) is 2.59. The quantitative estimate of drug-likeness (QED) is 0.785. The number of benzene rings is 1. The van der Waals surface area contributed by atoms with E-state index in [1.807, 2.05) is 6.92 Å². The summed E-state index contributed by atoms with van der Waals surface area (Å²) in [6, 6.07) is 2.16. The first-order valence-electron chi connectivity index (χ1n) is 7.57. The van der Waals surface area contributed by atoms with Crippen molar-refractivity contribution in [1.29, 1.82) is 0 Å². The first-order chi connectivity index (χ1) is 11.4. The van der Waals surface area contributed by atoms with Gasteiger partial charge in [-0.2, -0.15) is 0 Å². The second-order valence-corrected chi connectivity index (χ2v) is 5.55. The Morgan fingerprint density at radius 3 is 2.58 bits per heavy atom. The fraction of sp³-hybridized carbons (Fsp3) is 0.438. The maximum Gasteiger partial charge on any atom is 0.254 e. The Labute approximate surface area is 144 Å². The number of amides is 3. The summed E-state index contributed by atoms with van der Waals surface area (Å²) < 4.78 is 10.7. The van der Waals surface area contributed by atoms with Gasteiger partial charge in [0.2, 0.25) is 11.8 Å². The van der Waals surface area contributed by atoms with E-state index in [2.05, 4.69) is 5.32 Å². The molecule has 0 saturated carbocycles. The molecule has 130 valence electrons. The van der Waals surface area contributed by atoms with Gasteiger partial charge in [-0.3, -0.25) is 19.7 Å². The lowest BCUT2D eigenvalue weighted by atomic mass is 10.1. The number of nitrogens with zero attached hydrogens (tertiary/aromatic N) is 1. The molecule has 0 spiro atoms. The molecule has 1 fully saturated rings. The van der Waals surface area contributed by atoms with Gasteiger partial charge in [-0.25, -0.2) is 0 Å². The van der Waals surface area contributed by atoms with Crippen LogP contribution in [0, 0.1) is 0 Å². The molecule has 2 rings (SSSR count). The highest BCUT2D eigenvalue weighted by atomic mass is 35.5. The van der Waals surface area contributed by atoms with Crippen molar-refractivity contribution in [3.63, 3.8) is 0 Å². The number of carbonyl (C=O) groups is 3. The maximum atomic E-state index is 12.8. The van der Waals surface area contributed by atoms with Gasteiger partial charge in [-0.1, -0.05) is 11.6 Å². The van der Waals surface area contributed by atoms with E-state index in [0.717, 1.165) is 0 Å². The number of imide groups is 1. The molecule has 7 nitrogen and oxygen atoms in total. The Balaban J connectivity index is 2.35. The van der Waals surface area contributed by atoms with Crippen LogP contribution in [0.1, 0.15) is 30.6 Å². The largest absolute Gasteiger partial charge is 0.493 e. The van der Waals surface area contributed by atoms with Gasteiger partial charge < -0.3 is 14.4 Å². The summed E-state index contributed by atoms with van der Waals surface area (Å²) in [5, 5.41) is 2.44. The van der Waals surface area contributed by atoms with Crippen molar-refractivity contribution in [2.24, 2.45) is 0 Å². The topological polar surface area (TPSA) is 84.9 Å². The number of carbonyl (C=O) groups excluding carboxylic acids is 3. The van der Waals surface area contributed by atoms with Gasteiger partial charge >= 0.3 is 0 Å². The van der Waals surface area contributed by atoms with E-state index < -0.39 is 23.8 Å². The number of halogens is 1. The van der Waals surface area contributed by atoms with Crippen molar-refractivity contribution in [3.8, 4) is 11.5 Å². The summed E-state index contributed by atoms with van der Waals surface area (Å²) in [5.41, 5.74) is 0.259. The Morgan fingerprint density at radius 2 is 2.08 bits per heavy atom. The minimum atomic E-state index is -0.814. The minimum absolute atomic E-state index is 0.0414. The normalized spacial score (nSPS) is 16.8. The molecule has 1 atom stereocenters. The second-order valence-electron chi connectivity index (χ2n) is 5.15. The highest BCUT2D eigenvalue weighted by Gasteiger charge is 2.37. The molecule has 0 aromatic heterocycles. The van der Waals surface area contributed by atoms with E-state index in [1.54, 1.807) is 6.92 Å². The molecular formula is C16H19ClN2O5. The number of likely N-dealkylation sites (N-methyl/N-ethyl adjacent to an activating group) is 1. The average molecular weight is 355 g/mol. The van der Waals surface area contributed by atoms with Crippen molar-refractivity contribution in [2.45, 2.75) is 26.3 Å². The highest BCUT2D eigenvalue weighted by molar-refractivity contribution is 6.32. The van der Waals surface area contributed by atoms with Crippen LogP contribution in [0.5, 0.6) is 11.5 Å². The number of rotatable bonds is 6. The zero-order valence-corrected chi connectivity index (χ0v) is 14.5. The summed E-state index contributed by atoms with van der Waals surface area (Å²) in [7, 11) is 1.45. The van der Waals surface area contributed by atoms with Crippen molar-refractivity contribution in [1.82, 2.24) is 10.2 Å². The third-order valence-electron chi connectivity index (χ3n) is 3.69. The van der Waals surface area contributed by atoms with E-state index in [-0.39, 0.29) is 23.6 Å². The van der Waals surface area contributed by atoms with Crippen LogP contribution in [0.15, 0.2) is 12.1 Å². The smallest absolute Gasteiger partial charge is 0.254 e. The molecule has 1 N–H and O–H groups in total. The molecule has 3 amide bonds. The zero-order chi connectivity index (χ0) is 17.9. The predicted octanol–water partition coefficient (Wildman–Crippen LogP) is 1.62. The lowest BCUT2D eigenvalue weighted by molar-refractivity contribution is -0.126. The van der Waals surface area contributed by atoms with Crippen LogP contribution < -0.4 is 14.8 Å². The number of methoxy groups -OCH3 is 1. The van der Waals surface area contributed by atoms with Gasteiger partial charge in [-0.05, 0) is 26.0 Å². The van der Waals surface area contributed by atoms with E-state index in [9.17, 15) is 14.4 Å². The summed E-state index contributed by atoms with van der Waals surface area (Å²) in [6.45, 7) is 4.22. The number of ether oxygens (including phenoxy) is 2. The molecule has 0 bridgehead atoms. The third-order valence-corrected chi connectivity index (χ3v) is 3.97. The lowest BCUT2D eigenvalue weighted by Gasteiger charge is -2.25. The molecule has 8 heteroatoms. The van der Waals surface area contributed by atoms with Crippen LogP contribution in [0.3, 0.4) is 0 Å². The molecule has 1 aromatic rings. The average Bonchev–Trinajstić information content (AvgIpc) is 2.88. The fourth-order valence-corrected chi connectivity index (χ4v) is 2.86. The van der Waals surface area contributed by atoms with E-state index in [0.29, 0.717) is 18.1 Å². The lowest BCUT2D eigenvalue weighted by Crippen LogP contribution is -2.44. The van der Waals surface area contributed by atoms with Crippen LogP contribution in [-0.4, -0.2) is 48.9 Å². The summed E-state index contributed by atoms with van der Waals surface area (Å²) >= 11 is 6.19. The van der Waals surface area contributed by atoms with Crippen molar-refractivity contribution in [2.75, 3.05) is 20.3 Å². The third kappa shape index (κ3) is 3.46. The number of nitrogens with one attached hydrogen (secondary N) is 1. The predicted molar refractivity (Wildman–Crippen MR) is 87.4 cm³/mol. The van der Waals surface area contributed by atoms with Crippen LogP contribution in [-0.2, 0) is 9.59 Å². The highest BCUT2D eigenvalue weighted by Crippen LogP contribution is 2.37. The van der Waals surface area contributed by atoms with Crippen molar-refractivity contribution < 1.29 is 23.9 Å². The molecule has 1 heterocycles. The molecule has 0 radical (unpaired) electrons. The van der Waals surface area contributed by atoms with Crippen molar-refractivity contribution >= 4 is 29.3 Å². The van der Waals surface area contributed by atoms with E-state index in [4.69, 9.17) is 21.1 Å².